The van der Waals surface area contributed by atoms with Crippen LogP contribution in [-0.4, -0.2) is 26.1 Å². The van der Waals surface area contributed by atoms with Crippen LogP contribution >= 0.6 is 0 Å². The highest BCUT2D eigenvalue weighted by molar-refractivity contribution is 7.90. The van der Waals surface area contributed by atoms with Crippen LogP contribution in [0.2, 0.25) is 0 Å². The Labute approximate surface area is 152 Å². The van der Waals surface area contributed by atoms with Crippen molar-refractivity contribution >= 4 is 21.6 Å². The van der Waals surface area contributed by atoms with Gasteiger partial charge < -0.3 is 5.32 Å². The third-order valence-electron chi connectivity index (χ3n) is 3.83. The molecule has 1 amide bonds. The number of nitrogens with one attached hydrogen (secondary N) is 2. The minimum atomic E-state index is -4.42. The van der Waals surface area contributed by atoms with Crippen molar-refractivity contribution in [1.82, 2.24) is 4.72 Å². The average molecular weight is 394 g/mol. The number of benzene rings is 1. The van der Waals surface area contributed by atoms with Crippen molar-refractivity contribution in [2.45, 2.75) is 57.9 Å². The molecule has 0 bridgehead atoms. The molecule has 0 aliphatic carbocycles. The average Bonchev–Trinajstić information content (AvgIpc) is 2.53. The molecule has 0 aliphatic rings. The van der Waals surface area contributed by atoms with Crippen molar-refractivity contribution in [3.05, 3.63) is 29.3 Å². The molecule has 0 saturated carbocycles. The van der Waals surface area contributed by atoms with Gasteiger partial charge in [-0.05, 0) is 56.9 Å². The first-order chi connectivity index (χ1) is 12.0. The molecule has 0 heterocycles. The Balaban J connectivity index is 2.49. The van der Waals surface area contributed by atoms with Crippen LogP contribution in [0.4, 0.5) is 18.9 Å². The normalized spacial score (nSPS) is 12.4. The van der Waals surface area contributed by atoms with Crippen molar-refractivity contribution in [1.29, 1.82) is 0 Å². The Kier molecular flexibility index (Phi) is 8.08. The Morgan fingerprint density at radius 3 is 2.38 bits per heavy atom. The molecular weight excluding hydrogens is 369 g/mol. The zero-order valence-electron chi connectivity index (χ0n) is 15.1. The van der Waals surface area contributed by atoms with Crippen molar-refractivity contribution in [2.75, 3.05) is 11.9 Å². The highest BCUT2D eigenvalue weighted by Crippen LogP contribution is 2.33. The summed E-state index contributed by atoms with van der Waals surface area (Å²) < 4.78 is 64.2. The molecular formula is C17H25F3N2O3S. The van der Waals surface area contributed by atoms with Gasteiger partial charge >= 0.3 is 6.18 Å². The molecule has 1 aromatic rings. The summed E-state index contributed by atoms with van der Waals surface area (Å²) in [6.45, 7) is 5.01. The number of carbonyl (C=O) groups is 1. The number of carbonyl (C=O) groups excluding carboxylic acids is 1. The van der Waals surface area contributed by atoms with E-state index in [4.69, 9.17) is 0 Å². The zero-order valence-corrected chi connectivity index (χ0v) is 15.9. The first-order valence-electron chi connectivity index (χ1n) is 8.45. The number of alkyl halides is 3. The largest absolute Gasteiger partial charge is 0.416 e. The molecule has 0 spiro atoms. The van der Waals surface area contributed by atoms with E-state index in [1.807, 2.05) is 0 Å². The highest BCUT2D eigenvalue weighted by Gasteiger charge is 2.32. The van der Waals surface area contributed by atoms with Gasteiger partial charge in [-0.15, -0.1) is 0 Å². The first-order valence-corrected chi connectivity index (χ1v) is 10.0. The van der Waals surface area contributed by atoms with Crippen LogP contribution in [0.25, 0.3) is 0 Å². The van der Waals surface area contributed by atoms with Crippen molar-refractivity contribution < 1.29 is 26.4 Å². The lowest BCUT2D eigenvalue weighted by molar-refractivity contribution is -0.138. The van der Waals surface area contributed by atoms with Gasteiger partial charge in [-0.1, -0.05) is 6.92 Å². The molecule has 0 aromatic heterocycles. The van der Waals surface area contributed by atoms with Gasteiger partial charge in [0.05, 0.1) is 10.8 Å². The Morgan fingerprint density at radius 1 is 1.19 bits per heavy atom. The number of sulfonamides is 1. The monoisotopic (exact) mass is 394 g/mol. The lowest BCUT2D eigenvalue weighted by Gasteiger charge is -2.14. The second-order valence-electron chi connectivity index (χ2n) is 6.22. The Morgan fingerprint density at radius 2 is 1.85 bits per heavy atom. The quantitative estimate of drug-likeness (QED) is 0.627. The summed E-state index contributed by atoms with van der Waals surface area (Å²) in [7, 11) is -3.31. The van der Waals surface area contributed by atoms with Gasteiger partial charge in [0.25, 0.3) is 0 Å². The van der Waals surface area contributed by atoms with Crippen molar-refractivity contribution in [3.8, 4) is 0 Å². The van der Waals surface area contributed by atoms with Gasteiger partial charge in [0.1, 0.15) is 0 Å². The second kappa shape index (κ2) is 9.36. The molecule has 5 nitrogen and oxygen atoms in total. The summed E-state index contributed by atoms with van der Waals surface area (Å²) >= 11 is 0. The maximum atomic E-state index is 12.9. The topological polar surface area (TPSA) is 75.3 Å². The van der Waals surface area contributed by atoms with E-state index in [-0.39, 0.29) is 30.9 Å². The number of anilines is 1. The molecule has 1 rings (SSSR count). The fraction of sp³-hybridized carbons (Fsp3) is 0.588. The van der Waals surface area contributed by atoms with Gasteiger partial charge in [0.2, 0.25) is 15.9 Å². The first kappa shape index (κ1) is 22.4. The summed E-state index contributed by atoms with van der Waals surface area (Å²) in [6.07, 6.45) is -3.10. The van der Waals surface area contributed by atoms with Crippen molar-refractivity contribution in [2.24, 2.45) is 0 Å². The number of hydrogen-bond acceptors (Lipinski definition) is 3. The van der Waals surface area contributed by atoms with Crippen LogP contribution < -0.4 is 10.0 Å². The van der Waals surface area contributed by atoms with Crippen LogP contribution in [0.15, 0.2) is 18.2 Å². The van der Waals surface area contributed by atoms with E-state index in [0.29, 0.717) is 18.5 Å². The fourth-order valence-electron chi connectivity index (χ4n) is 2.26. The maximum Gasteiger partial charge on any atom is 0.416 e. The summed E-state index contributed by atoms with van der Waals surface area (Å²) in [5, 5.41) is 2.06. The summed E-state index contributed by atoms with van der Waals surface area (Å²) in [4.78, 5) is 11.9. The van der Waals surface area contributed by atoms with Crippen LogP contribution in [0.1, 0.15) is 51.2 Å². The van der Waals surface area contributed by atoms with Gasteiger partial charge in [-0.3, -0.25) is 4.79 Å². The molecule has 26 heavy (non-hydrogen) atoms. The van der Waals surface area contributed by atoms with E-state index in [1.165, 1.54) is 12.1 Å². The molecule has 0 radical (unpaired) electrons. The number of unbranched alkanes of at least 4 members (excludes halogenated alkanes) is 1. The standard InChI is InChI=1S/C17H25F3N2O3S/c1-4-13-11-14(8-9-15(13)17(18,19)20)22-16(23)7-5-6-10-21-26(24,25)12(2)3/h8-9,11-12,21H,4-7,10H2,1-3H3,(H,22,23). The summed E-state index contributed by atoms with van der Waals surface area (Å²) in [5.74, 6) is -0.321. The van der Waals surface area contributed by atoms with E-state index < -0.39 is 27.0 Å². The van der Waals surface area contributed by atoms with E-state index in [1.54, 1.807) is 20.8 Å². The third-order valence-corrected chi connectivity index (χ3v) is 5.68. The number of halogens is 3. The van der Waals surface area contributed by atoms with Crippen LogP contribution in [0, 0.1) is 0 Å². The van der Waals surface area contributed by atoms with E-state index in [9.17, 15) is 26.4 Å². The predicted molar refractivity (Wildman–Crippen MR) is 95.4 cm³/mol. The SMILES string of the molecule is CCc1cc(NC(=O)CCCCNS(=O)(=O)C(C)C)ccc1C(F)(F)F. The van der Waals surface area contributed by atoms with Crippen LogP contribution in [0.3, 0.4) is 0 Å². The van der Waals surface area contributed by atoms with E-state index in [2.05, 4.69) is 10.0 Å². The Bertz CT molecular complexity index is 716. The minimum absolute atomic E-state index is 0.124. The molecule has 0 atom stereocenters. The fourth-order valence-corrected chi connectivity index (χ4v) is 3.02. The lowest BCUT2D eigenvalue weighted by Crippen LogP contribution is -2.31. The second-order valence-corrected chi connectivity index (χ2v) is 8.54. The Hall–Kier alpha value is -1.61. The molecule has 0 fully saturated rings. The number of aryl methyl sites for hydroxylation is 1. The number of hydrogen-bond donors (Lipinski definition) is 2. The van der Waals surface area contributed by atoms with Crippen molar-refractivity contribution in [3.63, 3.8) is 0 Å². The molecule has 0 saturated heterocycles. The highest BCUT2D eigenvalue weighted by atomic mass is 32.2. The van der Waals surface area contributed by atoms with Crippen LogP contribution in [-0.2, 0) is 27.4 Å². The molecule has 0 aliphatic heterocycles. The smallest absolute Gasteiger partial charge is 0.326 e. The van der Waals surface area contributed by atoms with E-state index >= 15 is 0 Å². The van der Waals surface area contributed by atoms with Gasteiger partial charge in [0.15, 0.2) is 0 Å². The lowest BCUT2D eigenvalue weighted by atomic mass is 10.0. The maximum absolute atomic E-state index is 12.9. The minimum Gasteiger partial charge on any atom is -0.326 e. The van der Waals surface area contributed by atoms with Crippen LogP contribution in [0.5, 0.6) is 0 Å². The number of rotatable bonds is 9. The predicted octanol–water partition coefficient (Wildman–Crippen LogP) is 3.70. The van der Waals surface area contributed by atoms with Gasteiger partial charge in [-0.25, -0.2) is 13.1 Å². The van der Waals surface area contributed by atoms with E-state index in [0.717, 1.165) is 6.07 Å². The summed E-state index contributed by atoms with van der Waals surface area (Å²) in [5.41, 5.74) is -0.255. The summed E-state index contributed by atoms with van der Waals surface area (Å²) in [6, 6.07) is 3.53. The zero-order chi connectivity index (χ0) is 20.0. The molecule has 9 heteroatoms. The van der Waals surface area contributed by atoms with Gasteiger partial charge in [0, 0.05) is 18.7 Å². The molecule has 0 unspecified atom stereocenters. The van der Waals surface area contributed by atoms with Gasteiger partial charge in [-0.2, -0.15) is 13.2 Å². The number of amides is 1. The molecule has 148 valence electrons. The molecule has 2 N–H and O–H groups in total. The third kappa shape index (κ3) is 6.95. The molecule has 1 aromatic carbocycles.